The first kappa shape index (κ1) is 17.3. The minimum absolute atomic E-state index is 0.530. The van der Waals surface area contributed by atoms with Gasteiger partial charge in [0, 0.05) is 6.04 Å². The van der Waals surface area contributed by atoms with Crippen LogP contribution in [0.3, 0.4) is 0 Å². The quantitative estimate of drug-likeness (QED) is 0.297. The number of unbranched alkanes of at least 4 members (excludes halogenated alkanes) is 7. The normalized spacial score (nSPS) is 12.9. The highest BCUT2D eigenvalue weighted by Crippen LogP contribution is 2.12. The molecule has 3 N–H and O–H groups in total. The highest BCUT2D eigenvalue weighted by atomic mass is 32.2. The Bertz CT molecular complexity index is 142. The van der Waals surface area contributed by atoms with Crippen molar-refractivity contribution in [2.24, 2.45) is 5.84 Å². The molecule has 0 saturated carbocycles. The summed E-state index contributed by atoms with van der Waals surface area (Å²) in [7, 11) is 0. The third-order valence-electron chi connectivity index (χ3n) is 3.31. The van der Waals surface area contributed by atoms with Crippen LogP contribution in [0, 0.1) is 0 Å². The van der Waals surface area contributed by atoms with E-state index in [0.29, 0.717) is 6.04 Å². The number of nitrogens with one attached hydrogen (secondary N) is 1. The molecule has 0 saturated heterocycles. The van der Waals surface area contributed by atoms with Crippen LogP contribution in [0.25, 0.3) is 0 Å². The Morgan fingerprint density at radius 2 is 1.53 bits per heavy atom. The van der Waals surface area contributed by atoms with Crippen molar-refractivity contribution < 1.29 is 0 Å². The van der Waals surface area contributed by atoms with Crippen LogP contribution in [-0.2, 0) is 0 Å². The number of hydrogen-bond acceptors (Lipinski definition) is 3. The smallest absolute Gasteiger partial charge is 0.0218 e. The van der Waals surface area contributed by atoms with Gasteiger partial charge in [-0.1, -0.05) is 58.3 Å². The van der Waals surface area contributed by atoms with E-state index in [1.165, 1.54) is 70.0 Å². The summed E-state index contributed by atoms with van der Waals surface area (Å²) in [6.07, 6.45) is 15.8. The van der Waals surface area contributed by atoms with Crippen LogP contribution in [0.4, 0.5) is 0 Å². The maximum absolute atomic E-state index is 5.55. The largest absolute Gasteiger partial charge is 0.271 e. The van der Waals surface area contributed by atoms with Gasteiger partial charge in [-0.15, -0.1) is 0 Å². The van der Waals surface area contributed by atoms with Gasteiger partial charge in [0.1, 0.15) is 0 Å². The number of thioether (sulfide) groups is 1. The lowest BCUT2D eigenvalue weighted by Crippen LogP contribution is -2.35. The van der Waals surface area contributed by atoms with Crippen molar-refractivity contribution in [2.45, 2.75) is 77.2 Å². The molecule has 0 aromatic rings. The van der Waals surface area contributed by atoms with Crippen LogP contribution in [0.15, 0.2) is 0 Å². The van der Waals surface area contributed by atoms with Gasteiger partial charge in [0.05, 0.1) is 0 Å². The molecule has 104 valence electrons. The molecule has 2 nitrogen and oxygen atoms in total. The summed E-state index contributed by atoms with van der Waals surface area (Å²) in [5.74, 6) is 6.76. The van der Waals surface area contributed by atoms with Gasteiger partial charge < -0.3 is 0 Å². The maximum Gasteiger partial charge on any atom is 0.0218 e. The molecule has 1 atom stereocenters. The molecule has 0 aliphatic heterocycles. The summed E-state index contributed by atoms with van der Waals surface area (Å²) in [6.45, 7) is 2.27. The molecule has 0 aliphatic rings. The Balaban J connectivity index is 3.19. The standard InChI is InChI=1S/C14H32N2S/c1-3-4-5-6-7-8-9-10-11-14(16-15)12-13-17-2/h14,16H,3-13,15H2,1-2H3. The molecule has 0 rings (SSSR count). The lowest BCUT2D eigenvalue weighted by Gasteiger charge is -2.14. The third kappa shape index (κ3) is 12.5. The second-order valence-corrected chi connectivity index (χ2v) is 5.89. The van der Waals surface area contributed by atoms with Crippen LogP contribution in [0.2, 0.25) is 0 Å². The van der Waals surface area contributed by atoms with Crippen molar-refractivity contribution in [3.63, 3.8) is 0 Å². The number of hydrogen-bond donors (Lipinski definition) is 2. The fourth-order valence-electron chi connectivity index (χ4n) is 2.10. The van der Waals surface area contributed by atoms with Crippen LogP contribution < -0.4 is 11.3 Å². The highest BCUT2D eigenvalue weighted by molar-refractivity contribution is 7.98. The van der Waals surface area contributed by atoms with E-state index >= 15 is 0 Å². The molecule has 0 bridgehead atoms. The molecule has 0 aromatic carbocycles. The summed E-state index contributed by atoms with van der Waals surface area (Å²) in [5, 5.41) is 0. The fraction of sp³-hybridized carbons (Fsp3) is 1.00. The van der Waals surface area contributed by atoms with E-state index in [-0.39, 0.29) is 0 Å². The van der Waals surface area contributed by atoms with Gasteiger partial charge in [-0.3, -0.25) is 11.3 Å². The van der Waals surface area contributed by atoms with E-state index in [2.05, 4.69) is 18.6 Å². The molecule has 0 amide bonds. The van der Waals surface area contributed by atoms with Gasteiger partial charge in [-0.25, -0.2) is 0 Å². The van der Waals surface area contributed by atoms with Gasteiger partial charge in [-0.2, -0.15) is 11.8 Å². The first-order valence-corrected chi connectivity index (χ1v) is 8.69. The topological polar surface area (TPSA) is 38.0 Å². The van der Waals surface area contributed by atoms with Crippen molar-refractivity contribution >= 4 is 11.8 Å². The van der Waals surface area contributed by atoms with Crippen molar-refractivity contribution in [1.29, 1.82) is 0 Å². The first-order valence-electron chi connectivity index (χ1n) is 7.30. The van der Waals surface area contributed by atoms with E-state index in [4.69, 9.17) is 5.84 Å². The zero-order chi connectivity index (χ0) is 12.8. The van der Waals surface area contributed by atoms with Gasteiger partial charge >= 0.3 is 0 Å². The molecular weight excluding hydrogens is 228 g/mol. The predicted molar refractivity (Wildman–Crippen MR) is 81.3 cm³/mol. The Morgan fingerprint density at radius 1 is 0.941 bits per heavy atom. The minimum Gasteiger partial charge on any atom is -0.271 e. The highest BCUT2D eigenvalue weighted by Gasteiger charge is 2.04. The van der Waals surface area contributed by atoms with Crippen LogP contribution in [0.5, 0.6) is 0 Å². The van der Waals surface area contributed by atoms with Crippen molar-refractivity contribution in [3.8, 4) is 0 Å². The SMILES string of the molecule is CCCCCCCCCCC(CCSC)NN. The Kier molecular flexibility index (Phi) is 14.6. The molecule has 0 radical (unpaired) electrons. The molecule has 0 fully saturated rings. The molecule has 17 heavy (non-hydrogen) atoms. The second kappa shape index (κ2) is 14.3. The summed E-state index contributed by atoms with van der Waals surface area (Å²) in [4.78, 5) is 0. The first-order chi connectivity index (χ1) is 8.35. The van der Waals surface area contributed by atoms with Crippen LogP contribution in [-0.4, -0.2) is 18.1 Å². The summed E-state index contributed by atoms with van der Waals surface area (Å²) < 4.78 is 0. The average molecular weight is 260 g/mol. The van der Waals surface area contributed by atoms with E-state index in [1.54, 1.807) is 0 Å². The minimum atomic E-state index is 0.530. The molecule has 0 aliphatic carbocycles. The fourth-order valence-corrected chi connectivity index (χ4v) is 2.62. The van der Waals surface area contributed by atoms with E-state index in [0.717, 1.165) is 0 Å². The van der Waals surface area contributed by atoms with Crippen molar-refractivity contribution in [3.05, 3.63) is 0 Å². The molecule has 0 heterocycles. The molecular formula is C14H32N2S. The average Bonchev–Trinajstić information content (AvgIpc) is 2.36. The van der Waals surface area contributed by atoms with Gasteiger partial charge in [0.2, 0.25) is 0 Å². The van der Waals surface area contributed by atoms with Crippen LogP contribution in [0.1, 0.15) is 71.1 Å². The predicted octanol–water partition coefficient (Wildman–Crippen LogP) is 4.10. The van der Waals surface area contributed by atoms with E-state index < -0.39 is 0 Å². The number of rotatable bonds is 13. The van der Waals surface area contributed by atoms with Crippen LogP contribution >= 0.6 is 11.8 Å². The maximum atomic E-state index is 5.55. The number of nitrogens with two attached hydrogens (primary N) is 1. The zero-order valence-corrected chi connectivity index (χ0v) is 12.7. The zero-order valence-electron chi connectivity index (χ0n) is 11.8. The Labute approximate surface area is 112 Å². The second-order valence-electron chi connectivity index (χ2n) is 4.91. The lowest BCUT2D eigenvalue weighted by molar-refractivity contribution is 0.453. The van der Waals surface area contributed by atoms with Gasteiger partial charge in [-0.05, 0) is 24.9 Å². The van der Waals surface area contributed by atoms with E-state index in [9.17, 15) is 0 Å². The van der Waals surface area contributed by atoms with Crippen molar-refractivity contribution in [2.75, 3.05) is 12.0 Å². The van der Waals surface area contributed by atoms with Gasteiger partial charge in [0.25, 0.3) is 0 Å². The van der Waals surface area contributed by atoms with E-state index in [1.807, 2.05) is 11.8 Å². The molecule has 1 unspecified atom stereocenters. The summed E-state index contributed by atoms with van der Waals surface area (Å²) >= 11 is 1.90. The van der Waals surface area contributed by atoms with Gasteiger partial charge in [0.15, 0.2) is 0 Å². The Hall–Kier alpha value is 0.270. The summed E-state index contributed by atoms with van der Waals surface area (Å²) in [6, 6.07) is 0.530. The molecule has 0 spiro atoms. The molecule has 3 heteroatoms. The number of hydrazine groups is 1. The molecule has 0 aromatic heterocycles. The third-order valence-corrected chi connectivity index (χ3v) is 3.96. The monoisotopic (exact) mass is 260 g/mol. The lowest BCUT2D eigenvalue weighted by atomic mass is 10.0. The Morgan fingerprint density at radius 3 is 2.06 bits per heavy atom. The van der Waals surface area contributed by atoms with Crippen molar-refractivity contribution in [1.82, 2.24) is 5.43 Å². The summed E-state index contributed by atoms with van der Waals surface area (Å²) in [5.41, 5.74) is 2.94.